The van der Waals surface area contributed by atoms with E-state index < -0.39 is 17.5 Å². The molecular weight excluding hydrogens is 204 g/mol. The summed E-state index contributed by atoms with van der Waals surface area (Å²) in [6.07, 6.45) is 0.722. The lowest BCUT2D eigenvalue weighted by Crippen LogP contribution is -2.50. The van der Waals surface area contributed by atoms with Gasteiger partial charge in [0.1, 0.15) is 0 Å². The molecule has 0 aliphatic heterocycles. The van der Waals surface area contributed by atoms with E-state index >= 15 is 0 Å². The molecule has 0 fully saturated rings. The molecule has 0 aromatic heterocycles. The predicted molar refractivity (Wildman–Crippen MR) is 49.8 cm³/mol. The molecule has 6 heteroatoms. The van der Waals surface area contributed by atoms with Crippen molar-refractivity contribution in [3.05, 3.63) is 0 Å². The van der Waals surface area contributed by atoms with Crippen molar-refractivity contribution >= 4 is 11.9 Å². The first-order chi connectivity index (χ1) is 7.08. The molecule has 0 aromatic rings. The molecule has 0 saturated heterocycles. The van der Waals surface area contributed by atoms with E-state index in [4.69, 9.17) is 4.74 Å². The Kier molecular flexibility index (Phi) is 5.88. The first-order valence-corrected chi connectivity index (χ1v) is 4.47. The number of hydrogen-bond acceptors (Lipinski definition) is 6. The molecule has 0 amide bonds. The number of methoxy groups -OCH3 is 2. The molecule has 0 aliphatic carbocycles. The summed E-state index contributed by atoms with van der Waals surface area (Å²) in [4.78, 5) is 31.5. The average Bonchev–Trinajstić information content (AvgIpc) is 2.25. The zero-order valence-corrected chi connectivity index (χ0v) is 9.36. The third kappa shape index (κ3) is 2.90. The average molecular weight is 220 g/mol. The van der Waals surface area contributed by atoms with Gasteiger partial charge in [-0.15, -0.1) is 0 Å². The van der Waals surface area contributed by atoms with Gasteiger partial charge in [-0.1, -0.05) is 13.3 Å². The van der Waals surface area contributed by atoms with Crippen LogP contribution in [-0.4, -0.2) is 38.9 Å². The van der Waals surface area contributed by atoms with Gasteiger partial charge < -0.3 is 9.47 Å². The van der Waals surface area contributed by atoms with Crippen molar-refractivity contribution in [2.75, 3.05) is 21.3 Å². The molecule has 0 saturated carbocycles. The van der Waals surface area contributed by atoms with Crippen LogP contribution >= 0.6 is 0 Å². The normalized spacial score (nSPS) is 14.1. The molecule has 0 bridgehead atoms. The van der Waals surface area contributed by atoms with E-state index in [0.29, 0.717) is 6.42 Å². The number of hydrogen-bond donors (Lipinski definition) is 0. The highest BCUT2D eigenvalue weighted by atomic mass is 17.2. The summed E-state index contributed by atoms with van der Waals surface area (Å²) in [5.41, 5.74) is -1.74. The van der Waals surface area contributed by atoms with Gasteiger partial charge in [0.15, 0.2) is 0 Å². The van der Waals surface area contributed by atoms with Crippen LogP contribution in [0.25, 0.3) is 0 Å². The molecule has 0 spiro atoms. The number of carbonyl (C=O) groups excluding carboxylic acids is 2. The van der Waals surface area contributed by atoms with Crippen LogP contribution in [-0.2, 0) is 28.8 Å². The minimum atomic E-state index is -1.74. The predicted octanol–water partition coefficient (Wildman–Crippen LogP) is 0.449. The topological polar surface area (TPSA) is 71.1 Å². The standard InChI is InChI=1S/C9H16O6/c1-5-6-9(13-3,7(10)12-2)8(11)15-14-4/h5-6H2,1-4H3. The molecule has 0 N–H and O–H groups in total. The van der Waals surface area contributed by atoms with Gasteiger partial charge >= 0.3 is 11.9 Å². The van der Waals surface area contributed by atoms with E-state index in [1.165, 1.54) is 21.3 Å². The Hall–Kier alpha value is -1.14. The SMILES string of the molecule is CCCC(OC)(C(=O)OC)C(=O)OOC. The van der Waals surface area contributed by atoms with Crippen molar-refractivity contribution in [1.29, 1.82) is 0 Å². The molecular formula is C9H16O6. The minimum Gasteiger partial charge on any atom is -0.466 e. The Morgan fingerprint density at radius 1 is 1.13 bits per heavy atom. The lowest BCUT2D eigenvalue weighted by atomic mass is 9.98. The van der Waals surface area contributed by atoms with E-state index in [9.17, 15) is 9.59 Å². The first kappa shape index (κ1) is 13.9. The Balaban J connectivity index is 4.95. The van der Waals surface area contributed by atoms with Gasteiger partial charge in [0, 0.05) is 7.11 Å². The summed E-state index contributed by atoms with van der Waals surface area (Å²) < 4.78 is 9.42. The van der Waals surface area contributed by atoms with Gasteiger partial charge in [0.25, 0.3) is 5.60 Å². The number of rotatable bonds is 6. The Labute approximate surface area is 88.4 Å². The van der Waals surface area contributed by atoms with E-state index in [1.807, 2.05) is 0 Å². The highest BCUT2D eigenvalue weighted by Crippen LogP contribution is 2.21. The maximum atomic E-state index is 11.5. The molecule has 0 heterocycles. The second kappa shape index (κ2) is 6.36. The van der Waals surface area contributed by atoms with Gasteiger partial charge in [-0.25, -0.2) is 9.59 Å². The Morgan fingerprint density at radius 2 is 1.73 bits per heavy atom. The van der Waals surface area contributed by atoms with E-state index in [2.05, 4.69) is 14.5 Å². The number of esters is 1. The maximum absolute atomic E-state index is 11.5. The molecule has 88 valence electrons. The summed E-state index contributed by atoms with van der Waals surface area (Å²) in [5, 5.41) is 0. The molecule has 1 atom stereocenters. The van der Waals surface area contributed by atoms with Gasteiger partial charge in [-0.3, -0.25) is 4.89 Å². The van der Waals surface area contributed by atoms with Crippen LogP contribution in [0.4, 0.5) is 0 Å². The maximum Gasteiger partial charge on any atom is 0.385 e. The second-order valence-electron chi connectivity index (χ2n) is 2.81. The van der Waals surface area contributed by atoms with Crippen LogP contribution in [0.3, 0.4) is 0 Å². The molecule has 15 heavy (non-hydrogen) atoms. The van der Waals surface area contributed by atoms with E-state index in [0.717, 1.165) is 0 Å². The number of carbonyl (C=O) groups is 2. The van der Waals surface area contributed by atoms with Crippen molar-refractivity contribution < 1.29 is 28.8 Å². The fourth-order valence-corrected chi connectivity index (χ4v) is 1.22. The van der Waals surface area contributed by atoms with E-state index in [-0.39, 0.29) is 6.42 Å². The summed E-state index contributed by atoms with van der Waals surface area (Å²) in [6.45, 7) is 1.80. The molecule has 1 unspecified atom stereocenters. The van der Waals surface area contributed by atoms with Crippen LogP contribution in [0, 0.1) is 0 Å². The van der Waals surface area contributed by atoms with Crippen LogP contribution in [0.2, 0.25) is 0 Å². The van der Waals surface area contributed by atoms with Crippen LogP contribution in [0.15, 0.2) is 0 Å². The molecule has 0 radical (unpaired) electrons. The molecule has 0 aromatic carbocycles. The highest BCUT2D eigenvalue weighted by molar-refractivity contribution is 6.03. The lowest BCUT2D eigenvalue weighted by Gasteiger charge is -2.25. The zero-order valence-electron chi connectivity index (χ0n) is 9.36. The summed E-state index contributed by atoms with van der Waals surface area (Å²) >= 11 is 0. The summed E-state index contributed by atoms with van der Waals surface area (Å²) in [5.74, 6) is -1.71. The van der Waals surface area contributed by atoms with E-state index in [1.54, 1.807) is 6.92 Å². The van der Waals surface area contributed by atoms with Crippen LogP contribution in [0.1, 0.15) is 19.8 Å². The van der Waals surface area contributed by atoms with Gasteiger partial charge in [-0.05, 0) is 6.42 Å². The summed E-state index contributed by atoms with van der Waals surface area (Å²) in [7, 11) is 3.58. The quantitative estimate of drug-likeness (QED) is 0.280. The summed E-state index contributed by atoms with van der Waals surface area (Å²) in [6, 6.07) is 0. The monoisotopic (exact) mass is 220 g/mol. The fourth-order valence-electron chi connectivity index (χ4n) is 1.22. The molecule has 6 nitrogen and oxygen atoms in total. The molecule has 0 aliphatic rings. The largest absolute Gasteiger partial charge is 0.466 e. The zero-order chi connectivity index (χ0) is 11.9. The van der Waals surface area contributed by atoms with Crippen LogP contribution in [0.5, 0.6) is 0 Å². The first-order valence-electron chi connectivity index (χ1n) is 4.47. The lowest BCUT2D eigenvalue weighted by molar-refractivity contribution is -0.271. The van der Waals surface area contributed by atoms with Crippen molar-refractivity contribution in [3.8, 4) is 0 Å². The highest BCUT2D eigenvalue weighted by Gasteiger charge is 2.49. The van der Waals surface area contributed by atoms with Gasteiger partial charge in [-0.2, -0.15) is 4.89 Å². The smallest absolute Gasteiger partial charge is 0.385 e. The van der Waals surface area contributed by atoms with Crippen molar-refractivity contribution in [1.82, 2.24) is 0 Å². The van der Waals surface area contributed by atoms with Crippen molar-refractivity contribution in [3.63, 3.8) is 0 Å². The molecule has 0 rings (SSSR count). The van der Waals surface area contributed by atoms with Crippen LogP contribution < -0.4 is 0 Å². The Morgan fingerprint density at radius 3 is 2.07 bits per heavy atom. The minimum absolute atomic E-state index is 0.165. The van der Waals surface area contributed by atoms with Gasteiger partial charge in [0.2, 0.25) is 0 Å². The Bertz CT molecular complexity index is 227. The van der Waals surface area contributed by atoms with Crippen molar-refractivity contribution in [2.45, 2.75) is 25.4 Å². The third-order valence-corrected chi connectivity index (χ3v) is 1.95. The van der Waals surface area contributed by atoms with Gasteiger partial charge in [0.05, 0.1) is 14.2 Å². The third-order valence-electron chi connectivity index (χ3n) is 1.95. The number of ether oxygens (including phenoxy) is 2. The second-order valence-corrected chi connectivity index (χ2v) is 2.81. The fraction of sp³-hybridized carbons (Fsp3) is 0.778. The van der Waals surface area contributed by atoms with Crippen molar-refractivity contribution in [2.24, 2.45) is 0 Å².